The Labute approximate surface area is 424 Å². The van der Waals surface area contributed by atoms with Crippen LogP contribution in [-0.4, -0.2) is 19.6 Å². The molecule has 0 fully saturated rings. The first-order valence-electron chi connectivity index (χ1n) is 26.9. The van der Waals surface area contributed by atoms with Gasteiger partial charge in [-0.05, 0) is 110 Å². The molecule has 1 N–H and O–H groups in total. The molecule has 0 saturated heterocycles. The van der Waals surface area contributed by atoms with Gasteiger partial charge in [0, 0.05) is 50.9 Å². The van der Waals surface area contributed by atoms with Gasteiger partial charge in [0.1, 0.15) is 11.6 Å². The van der Waals surface area contributed by atoms with E-state index in [-0.39, 0.29) is 43.2 Å². The molecular formula is C62H60N3OPt-. The van der Waals surface area contributed by atoms with Crippen molar-refractivity contribution in [3.8, 4) is 78.6 Å². The fraction of sp³-hybridized carbons (Fsp3) is 0.226. The van der Waals surface area contributed by atoms with Crippen LogP contribution in [0.2, 0.25) is 0 Å². The van der Waals surface area contributed by atoms with Crippen molar-refractivity contribution in [3.05, 3.63) is 192 Å². The van der Waals surface area contributed by atoms with Crippen LogP contribution in [0.3, 0.4) is 0 Å². The van der Waals surface area contributed by atoms with E-state index in [4.69, 9.17) is 22.3 Å². The van der Waals surface area contributed by atoms with Gasteiger partial charge in [-0.15, -0.1) is 29.3 Å². The van der Waals surface area contributed by atoms with Crippen LogP contribution in [0.1, 0.15) is 102 Å². The Morgan fingerprint density at radius 2 is 1.21 bits per heavy atom. The van der Waals surface area contributed by atoms with Crippen molar-refractivity contribution in [2.45, 2.75) is 92.2 Å². The number of imidazole rings is 1. The maximum absolute atomic E-state index is 12.0. The van der Waals surface area contributed by atoms with Crippen molar-refractivity contribution < 1.29 is 38.5 Å². The number of aromatic hydroxyl groups is 1. The van der Waals surface area contributed by atoms with Crippen LogP contribution in [0.4, 0.5) is 0 Å². The zero-order valence-corrected chi connectivity index (χ0v) is 41.4. The topological polar surface area (TPSA) is 50.9 Å². The number of pyridine rings is 1. The molecule has 4 nitrogen and oxygen atoms in total. The third-order valence-electron chi connectivity index (χ3n) is 12.4. The van der Waals surface area contributed by atoms with Crippen molar-refractivity contribution in [2.24, 2.45) is 0 Å². The third-order valence-corrected chi connectivity index (χ3v) is 12.4. The van der Waals surface area contributed by atoms with Crippen LogP contribution < -0.4 is 0 Å². The molecule has 0 unspecified atom stereocenters. The summed E-state index contributed by atoms with van der Waals surface area (Å²) in [5, 5.41) is 12.0. The number of aryl methyl sites for hydroxylation is 2. The van der Waals surface area contributed by atoms with Gasteiger partial charge < -0.3 is 5.11 Å². The van der Waals surface area contributed by atoms with Gasteiger partial charge in [-0.2, -0.15) is 0 Å². The Kier molecular flexibility index (Phi) is 9.89. The second-order valence-electron chi connectivity index (χ2n) is 19.5. The van der Waals surface area contributed by atoms with Gasteiger partial charge in [0.25, 0.3) is 0 Å². The maximum Gasteiger partial charge on any atom is 0.148 e. The number of nitrogens with zero attached hydrogens (tertiary/aromatic N) is 3. The third kappa shape index (κ3) is 9.34. The summed E-state index contributed by atoms with van der Waals surface area (Å²) in [6.45, 7) is 6.96. The molecule has 0 radical (unpaired) electrons. The van der Waals surface area contributed by atoms with E-state index in [2.05, 4.69) is 131 Å². The smallest absolute Gasteiger partial charge is 0.148 e. The predicted molar refractivity (Wildman–Crippen MR) is 278 cm³/mol. The van der Waals surface area contributed by atoms with E-state index in [0.29, 0.717) is 39.3 Å². The van der Waals surface area contributed by atoms with Crippen LogP contribution in [0.15, 0.2) is 158 Å². The van der Waals surface area contributed by atoms with Crippen LogP contribution in [0.5, 0.6) is 5.75 Å². The fourth-order valence-corrected chi connectivity index (χ4v) is 8.93. The van der Waals surface area contributed by atoms with Gasteiger partial charge in [0.15, 0.2) is 0 Å². The van der Waals surface area contributed by atoms with Crippen LogP contribution in [-0.2, 0) is 37.3 Å². The number of aromatic nitrogens is 3. The average Bonchev–Trinajstić information content (AvgIpc) is 3.78. The number of hydrogen-bond acceptors (Lipinski definition) is 3. The maximum atomic E-state index is 12.0. The molecule has 7 aromatic carbocycles. The molecule has 0 atom stereocenters. The van der Waals surface area contributed by atoms with Crippen LogP contribution in [0.25, 0.3) is 83.9 Å². The van der Waals surface area contributed by atoms with E-state index in [1.807, 2.05) is 56.3 Å². The number of fused-ring (bicyclic) bond motifs is 1. The Balaban J connectivity index is 0.00000765. The summed E-state index contributed by atoms with van der Waals surface area (Å²) in [5.74, 6) is 0.716. The molecule has 0 saturated carbocycles. The molecule has 9 aromatic rings. The molecule has 2 aromatic heterocycles. The van der Waals surface area contributed by atoms with Gasteiger partial charge >= 0.3 is 0 Å². The van der Waals surface area contributed by atoms with Gasteiger partial charge in [-0.25, -0.2) is 4.98 Å². The zero-order valence-electron chi connectivity index (χ0n) is 48.1. The van der Waals surface area contributed by atoms with Crippen LogP contribution >= 0.6 is 0 Å². The number of hydrogen-bond donors (Lipinski definition) is 1. The SMILES string of the molecule is [2H]C([2H])([2H])C(c1ccc(-c2ccnc(-c3[c-]c(-c4cccc5c4nc(-c4cc(C)cc(C)c4O)n5-c4cc(-c5ccccc5)c(C(C)(C)C)cc4-c4ccccc4)cc(C(C)(C)C)c3)c2)cc1)(C([2H])([2H])[2H])C([2H])([2H])[2H].[Pt]. The molecule has 0 aliphatic heterocycles. The summed E-state index contributed by atoms with van der Waals surface area (Å²) < 4.78 is 76.1. The molecule has 0 bridgehead atoms. The summed E-state index contributed by atoms with van der Waals surface area (Å²) in [5.41, 5.74) is 11.3. The molecule has 67 heavy (non-hydrogen) atoms. The van der Waals surface area contributed by atoms with Crippen molar-refractivity contribution >= 4 is 11.0 Å². The van der Waals surface area contributed by atoms with Gasteiger partial charge in [-0.3, -0.25) is 9.55 Å². The largest absolute Gasteiger partial charge is 0.507 e. The fourth-order valence-electron chi connectivity index (χ4n) is 8.93. The number of phenols is 1. The summed E-state index contributed by atoms with van der Waals surface area (Å²) in [6, 6.07) is 52.8. The molecular weight excluding hydrogens is 998 g/mol. The predicted octanol–water partition coefficient (Wildman–Crippen LogP) is 16.4. The molecule has 9 rings (SSSR count). The first-order chi connectivity index (χ1) is 35.1. The van der Waals surface area contributed by atoms with Crippen molar-refractivity contribution in [3.63, 3.8) is 0 Å². The quantitative estimate of drug-likeness (QED) is 0.162. The summed E-state index contributed by atoms with van der Waals surface area (Å²) >= 11 is 0. The Bertz CT molecular complexity index is 3570. The number of benzene rings is 7. The van der Waals surface area contributed by atoms with Gasteiger partial charge in [0.2, 0.25) is 0 Å². The van der Waals surface area contributed by atoms with E-state index >= 15 is 0 Å². The van der Waals surface area contributed by atoms with Gasteiger partial charge in [0.05, 0.1) is 22.3 Å². The van der Waals surface area contributed by atoms with E-state index in [1.165, 1.54) is 17.7 Å². The minimum Gasteiger partial charge on any atom is -0.507 e. The zero-order chi connectivity index (χ0) is 54.2. The monoisotopic (exact) mass is 1070 g/mol. The van der Waals surface area contributed by atoms with Crippen molar-refractivity contribution in [1.29, 1.82) is 0 Å². The molecule has 5 heteroatoms. The Hall–Kier alpha value is -6.35. The minimum absolute atomic E-state index is 0. The second kappa shape index (κ2) is 18.0. The van der Waals surface area contributed by atoms with Crippen LogP contribution in [0, 0.1) is 19.9 Å². The first-order valence-corrected chi connectivity index (χ1v) is 22.4. The summed E-state index contributed by atoms with van der Waals surface area (Å²) in [7, 11) is 0. The van der Waals surface area contributed by atoms with E-state index < -0.39 is 26.0 Å². The molecule has 0 amide bonds. The summed E-state index contributed by atoms with van der Waals surface area (Å²) in [4.78, 5) is 10.4. The molecule has 340 valence electrons. The van der Waals surface area contributed by atoms with Crippen molar-refractivity contribution in [2.75, 3.05) is 0 Å². The van der Waals surface area contributed by atoms with E-state index in [1.54, 1.807) is 24.4 Å². The normalized spacial score (nSPS) is 14.6. The molecule has 0 spiro atoms. The molecule has 0 aliphatic rings. The first kappa shape index (κ1) is 36.7. The van der Waals surface area contributed by atoms with Crippen molar-refractivity contribution in [1.82, 2.24) is 14.5 Å². The number of rotatable bonds is 7. The second-order valence-corrected chi connectivity index (χ2v) is 19.5. The minimum atomic E-state index is -3.37. The van der Waals surface area contributed by atoms with E-state index in [0.717, 1.165) is 61.3 Å². The standard InChI is InChI=1S/C62H60N3O.Pt/c1-39-31-40(2)58(66)52(32-39)59-64-57-49(45-33-46(35-48(34-45)61(6,7)8)54-36-44(29-30-63-54)41-25-27-47(28-26-41)60(3,4)5)23-18-24-55(57)65(59)56-38-50(42-19-14-12-15-20-42)53(62(9,10)11)37-51(56)43-21-16-13-17-22-43;/h12-32,34-38,66H,1-11H3;/q-1;/i3D3,4D3,5D3;. The average molecular weight is 1070 g/mol. The Morgan fingerprint density at radius 3 is 1.85 bits per heavy atom. The number of para-hydroxylation sites is 1. The van der Waals surface area contributed by atoms with Gasteiger partial charge in [-0.1, -0.05) is 182 Å². The number of phenolic OH excluding ortho intramolecular Hbond substituents is 1. The molecule has 2 heterocycles. The Morgan fingerprint density at radius 1 is 0.552 bits per heavy atom. The molecule has 0 aliphatic carbocycles. The van der Waals surface area contributed by atoms with E-state index in [9.17, 15) is 5.11 Å². The summed E-state index contributed by atoms with van der Waals surface area (Å²) in [6.07, 6.45) is 1.66.